The van der Waals surface area contributed by atoms with E-state index in [2.05, 4.69) is 48.9 Å². The third-order valence-electron chi connectivity index (χ3n) is 1.02. The number of hydrogen-bond donors (Lipinski definition) is 0. The van der Waals surface area contributed by atoms with Crippen molar-refractivity contribution in [1.82, 2.24) is 0 Å². The molecule has 0 bridgehead atoms. The molecule has 0 aliphatic rings. The largest absolute Gasteiger partial charge is 0.458 e. The molecule has 4 heteroatoms. The van der Waals surface area contributed by atoms with Crippen LogP contribution in [0.1, 0.15) is 0 Å². The van der Waals surface area contributed by atoms with E-state index in [1.807, 2.05) is 0 Å². The molecule has 0 fully saturated rings. The van der Waals surface area contributed by atoms with E-state index in [1.54, 1.807) is 0 Å². The van der Waals surface area contributed by atoms with Gasteiger partial charge in [-0.2, -0.15) is 0 Å². The molecule has 0 saturated carbocycles. The number of carbonyl (C=O) groups excluding carboxylic acids is 2. The highest BCUT2D eigenvalue weighted by molar-refractivity contribution is 5.81. The van der Waals surface area contributed by atoms with Crippen molar-refractivity contribution in [1.29, 1.82) is 0 Å². The average Bonchev–Trinajstić information content (AvgIpc) is 2.44. The van der Waals surface area contributed by atoms with E-state index >= 15 is 0 Å². The van der Waals surface area contributed by atoms with E-state index in [0.29, 0.717) is 0 Å². The Bertz CT molecular complexity index is 252. The lowest BCUT2D eigenvalue weighted by molar-refractivity contribution is -0.137. The summed E-state index contributed by atoms with van der Waals surface area (Å²) in [6.45, 7) is 19.6. The fourth-order valence-electron chi connectivity index (χ4n) is 0.400. The summed E-state index contributed by atoms with van der Waals surface area (Å²) >= 11 is 0. The van der Waals surface area contributed by atoms with Gasteiger partial charge in [-0.1, -0.05) is 38.5 Å². The standard InChI is InChI=1S/2C6H8O2.C2H4/c2*1-3-5-8-6(7)4-2;1-2/h2*3-4H,1-2,5H2;1-2H2. The number of ether oxygens (including phenoxy) is 2. The van der Waals surface area contributed by atoms with Gasteiger partial charge in [-0.05, 0) is 0 Å². The SMILES string of the molecule is C=C.C=CCOC(=O)C=C.C=CCOC(=O)C=C. The summed E-state index contributed by atoms with van der Waals surface area (Å²) in [6.07, 6.45) is 5.23. The maximum atomic E-state index is 10.2. The van der Waals surface area contributed by atoms with Crippen LogP contribution in [0.15, 0.2) is 63.8 Å². The van der Waals surface area contributed by atoms with E-state index in [1.165, 1.54) is 12.2 Å². The minimum Gasteiger partial charge on any atom is -0.458 e. The first-order chi connectivity index (χ1) is 8.62. The van der Waals surface area contributed by atoms with Crippen LogP contribution in [-0.4, -0.2) is 25.2 Å². The van der Waals surface area contributed by atoms with Gasteiger partial charge in [0.05, 0.1) is 0 Å². The van der Waals surface area contributed by atoms with Crippen LogP contribution in [0.5, 0.6) is 0 Å². The van der Waals surface area contributed by atoms with Gasteiger partial charge in [-0.15, -0.1) is 13.2 Å². The summed E-state index contributed by atoms with van der Waals surface area (Å²) in [5, 5.41) is 0. The van der Waals surface area contributed by atoms with Crippen molar-refractivity contribution in [3.63, 3.8) is 0 Å². The highest BCUT2D eigenvalue weighted by atomic mass is 16.5. The molecule has 0 aromatic rings. The Labute approximate surface area is 109 Å². The molecule has 0 amide bonds. The van der Waals surface area contributed by atoms with E-state index in [4.69, 9.17) is 0 Å². The second-order valence-corrected chi connectivity index (χ2v) is 2.25. The van der Waals surface area contributed by atoms with Crippen molar-refractivity contribution in [2.24, 2.45) is 0 Å². The highest BCUT2D eigenvalue weighted by Crippen LogP contribution is 1.77. The zero-order valence-electron chi connectivity index (χ0n) is 10.6. The molecule has 0 aromatic heterocycles. The van der Waals surface area contributed by atoms with Gasteiger partial charge in [-0.3, -0.25) is 0 Å². The molecule has 0 heterocycles. The van der Waals surface area contributed by atoms with Crippen LogP contribution >= 0.6 is 0 Å². The van der Waals surface area contributed by atoms with Gasteiger partial charge >= 0.3 is 11.9 Å². The van der Waals surface area contributed by atoms with Crippen molar-refractivity contribution < 1.29 is 19.1 Å². The van der Waals surface area contributed by atoms with Crippen molar-refractivity contribution in [3.05, 3.63) is 63.8 Å². The fourth-order valence-corrected chi connectivity index (χ4v) is 0.400. The van der Waals surface area contributed by atoms with Gasteiger partial charge in [0.15, 0.2) is 0 Å². The van der Waals surface area contributed by atoms with E-state index in [9.17, 15) is 9.59 Å². The maximum Gasteiger partial charge on any atom is 0.330 e. The summed E-state index contributed by atoms with van der Waals surface area (Å²) in [7, 11) is 0. The van der Waals surface area contributed by atoms with Crippen molar-refractivity contribution in [2.75, 3.05) is 13.2 Å². The Balaban J connectivity index is -0.000000219. The van der Waals surface area contributed by atoms with Gasteiger partial charge in [0.2, 0.25) is 0 Å². The van der Waals surface area contributed by atoms with Crippen molar-refractivity contribution in [2.45, 2.75) is 0 Å². The second kappa shape index (κ2) is 20.1. The zero-order chi connectivity index (χ0) is 14.8. The molecule has 0 N–H and O–H groups in total. The second-order valence-electron chi connectivity index (χ2n) is 2.25. The van der Waals surface area contributed by atoms with Crippen molar-refractivity contribution >= 4 is 11.9 Å². The predicted octanol–water partition coefficient (Wildman–Crippen LogP) is 2.61. The molecule has 0 rings (SSSR count). The van der Waals surface area contributed by atoms with Gasteiger partial charge in [0.1, 0.15) is 13.2 Å². The van der Waals surface area contributed by atoms with Crippen LogP contribution < -0.4 is 0 Å². The molecule has 100 valence electrons. The Morgan fingerprint density at radius 2 is 1.06 bits per heavy atom. The lowest BCUT2D eigenvalue weighted by Crippen LogP contribution is -1.98. The monoisotopic (exact) mass is 252 g/mol. The Kier molecular flexibility index (Phi) is 23.4. The lowest BCUT2D eigenvalue weighted by Gasteiger charge is -1.92. The first-order valence-electron chi connectivity index (χ1n) is 4.92. The molecule has 0 aliphatic carbocycles. The van der Waals surface area contributed by atoms with Crippen LogP contribution in [0.4, 0.5) is 0 Å². The van der Waals surface area contributed by atoms with Crippen molar-refractivity contribution in [3.8, 4) is 0 Å². The molecule has 0 saturated heterocycles. The van der Waals surface area contributed by atoms with Gasteiger partial charge < -0.3 is 9.47 Å². The Hall–Kier alpha value is -2.36. The maximum absolute atomic E-state index is 10.2. The predicted molar refractivity (Wildman–Crippen MR) is 74.0 cm³/mol. The van der Waals surface area contributed by atoms with Crippen LogP contribution in [0, 0.1) is 0 Å². The normalized spacial score (nSPS) is 6.89. The summed E-state index contributed by atoms with van der Waals surface area (Å²) in [4.78, 5) is 20.4. The lowest BCUT2D eigenvalue weighted by atomic mass is 10.6. The molecule has 0 spiro atoms. The molecule has 0 atom stereocenters. The zero-order valence-corrected chi connectivity index (χ0v) is 10.6. The topological polar surface area (TPSA) is 52.6 Å². The van der Waals surface area contributed by atoms with Crippen LogP contribution in [0.3, 0.4) is 0 Å². The van der Waals surface area contributed by atoms with Gasteiger partial charge in [-0.25, -0.2) is 9.59 Å². The summed E-state index contributed by atoms with van der Waals surface area (Å²) in [6, 6.07) is 0. The molecule has 18 heavy (non-hydrogen) atoms. The van der Waals surface area contributed by atoms with Gasteiger partial charge in [0, 0.05) is 12.2 Å². The number of carbonyl (C=O) groups is 2. The first-order valence-corrected chi connectivity index (χ1v) is 4.92. The van der Waals surface area contributed by atoms with Crippen LogP contribution in [0.2, 0.25) is 0 Å². The first kappa shape index (κ1) is 21.0. The molecule has 4 nitrogen and oxygen atoms in total. The molecule has 0 radical (unpaired) electrons. The summed E-state index contributed by atoms with van der Waals surface area (Å²) in [5.74, 6) is -0.824. The average molecular weight is 252 g/mol. The minimum atomic E-state index is -0.412. The van der Waals surface area contributed by atoms with E-state index in [0.717, 1.165) is 12.2 Å². The van der Waals surface area contributed by atoms with E-state index in [-0.39, 0.29) is 13.2 Å². The molecule has 0 unspecified atom stereocenters. The molecular formula is C14H20O4. The smallest absolute Gasteiger partial charge is 0.330 e. The highest BCUT2D eigenvalue weighted by Gasteiger charge is 1.88. The third-order valence-corrected chi connectivity index (χ3v) is 1.02. The summed E-state index contributed by atoms with van der Waals surface area (Å²) < 4.78 is 8.93. The van der Waals surface area contributed by atoms with Crippen LogP contribution in [0.25, 0.3) is 0 Å². The van der Waals surface area contributed by atoms with Gasteiger partial charge in [0.25, 0.3) is 0 Å². The Morgan fingerprint density at radius 1 is 0.778 bits per heavy atom. The molecule has 0 aromatic carbocycles. The fraction of sp³-hybridized carbons (Fsp3) is 0.143. The molecular weight excluding hydrogens is 232 g/mol. The Morgan fingerprint density at radius 3 is 1.22 bits per heavy atom. The summed E-state index contributed by atoms with van der Waals surface area (Å²) in [5.41, 5.74) is 0. The minimum absolute atomic E-state index is 0.255. The number of rotatable bonds is 6. The number of esters is 2. The third kappa shape index (κ3) is 23.5. The number of hydrogen-bond acceptors (Lipinski definition) is 4. The van der Waals surface area contributed by atoms with E-state index < -0.39 is 11.9 Å². The molecule has 0 aliphatic heterocycles. The van der Waals surface area contributed by atoms with Crippen LogP contribution in [-0.2, 0) is 19.1 Å². The quantitative estimate of drug-likeness (QED) is 0.414.